The monoisotopic (exact) mass is 370 g/mol. The fraction of sp³-hybridized carbons (Fsp3) is 0. The van der Waals surface area contributed by atoms with Crippen molar-refractivity contribution in [3.63, 3.8) is 0 Å². The van der Waals surface area contributed by atoms with Gasteiger partial charge in [0.1, 0.15) is 0 Å². The van der Waals surface area contributed by atoms with Gasteiger partial charge in [-0.15, -0.1) is 0 Å². The van der Waals surface area contributed by atoms with Crippen molar-refractivity contribution in [3.05, 3.63) is 58.3 Å². The van der Waals surface area contributed by atoms with Crippen molar-refractivity contribution in [2.45, 2.75) is 4.90 Å². The van der Waals surface area contributed by atoms with Gasteiger partial charge in [0.15, 0.2) is 5.65 Å². The van der Waals surface area contributed by atoms with E-state index >= 15 is 0 Å². The SMILES string of the molecule is O=S(=O)(c1ccccc1)n1cc(Br)c2cc(Cl)cnc21. The second-order valence-corrected chi connectivity index (χ2v) is 7.22. The van der Waals surface area contributed by atoms with Gasteiger partial charge in [-0.3, -0.25) is 0 Å². The summed E-state index contributed by atoms with van der Waals surface area (Å²) in [6.45, 7) is 0. The number of fused-ring (bicyclic) bond motifs is 1. The molecule has 20 heavy (non-hydrogen) atoms. The second-order valence-electron chi connectivity index (χ2n) is 4.12. The van der Waals surface area contributed by atoms with Gasteiger partial charge in [0, 0.05) is 22.3 Å². The Bertz CT molecular complexity index is 891. The minimum absolute atomic E-state index is 0.209. The molecule has 0 spiro atoms. The van der Waals surface area contributed by atoms with Gasteiger partial charge in [0.25, 0.3) is 10.0 Å². The molecule has 0 bridgehead atoms. The Labute approximate surface area is 129 Å². The van der Waals surface area contributed by atoms with Crippen LogP contribution in [0, 0.1) is 0 Å². The lowest BCUT2D eigenvalue weighted by atomic mass is 10.3. The van der Waals surface area contributed by atoms with Crippen molar-refractivity contribution in [1.29, 1.82) is 0 Å². The molecule has 7 heteroatoms. The van der Waals surface area contributed by atoms with Crippen LogP contribution >= 0.6 is 27.5 Å². The topological polar surface area (TPSA) is 52.0 Å². The molecule has 0 amide bonds. The summed E-state index contributed by atoms with van der Waals surface area (Å²) >= 11 is 9.22. The van der Waals surface area contributed by atoms with Crippen molar-refractivity contribution >= 4 is 48.6 Å². The summed E-state index contributed by atoms with van der Waals surface area (Å²) < 4.78 is 27.0. The standard InChI is InChI=1S/C13H8BrClN2O2S/c14-12-8-17(13-11(12)6-9(15)7-16-13)20(18,19)10-4-2-1-3-5-10/h1-8H. The summed E-state index contributed by atoms with van der Waals surface area (Å²) in [7, 11) is -3.68. The smallest absolute Gasteiger partial charge is 0.236 e. The molecule has 2 heterocycles. The van der Waals surface area contributed by atoms with Crippen LogP contribution in [0.1, 0.15) is 0 Å². The molecule has 0 N–H and O–H groups in total. The van der Waals surface area contributed by atoms with Gasteiger partial charge >= 0.3 is 0 Å². The van der Waals surface area contributed by atoms with E-state index in [-0.39, 0.29) is 4.90 Å². The van der Waals surface area contributed by atoms with Crippen LogP contribution in [0.3, 0.4) is 0 Å². The van der Waals surface area contributed by atoms with Crippen molar-refractivity contribution in [2.75, 3.05) is 0 Å². The third-order valence-corrected chi connectivity index (χ3v) is 5.33. The third-order valence-electron chi connectivity index (χ3n) is 2.83. The highest BCUT2D eigenvalue weighted by molar-refractivity contribution is 9.10. The number of benzene rings is 1. The van der Waals surface area contributed by atoms with E-state index in [0.717, 1.165) is 3.97 Å². The lowest BCUT2D eigenvalue weighted by Crippen LogP contribution is -2.12. The zero-order chi connectivity index (χ0) is 14.3. The first-order valence-electron chi connectivity index (χ1n) is 5.63. The van der Waals surface area contributed by atoms with Crippen LogP contribution in [0.4, 0.5) is 0 Å². The Morgan fingerprint density at radius 2 is 1.90 bits per heavy atom. The van der Waals surface area contributed by atoms with E-state index in [1.54, 1.807) is 36.4 Å². The van der Waals surface area contributed by atoms with Crippen LogP contribution in [0.25, 0.3) is 11.0 Å². The van der Waals surface area contributed by atoms with Gasteiger partial charge in [-0.25, -0.2) is 17.4 Å². The normalized spacial score (nSPS) is 11.9. The Kier molecular flexibility index (Phi) is 3.32. The van der Waals surface area contributed by atoms with Crippen molar-refractivity contribution in [1.82, 2.24) is 8.96 Å². The van der Waals surface area contributed by atoms with E-state index in [4.69, 9.17) is 11.6 Å². The summed E-state index contributed by atoms with van der Waals surface area (Å²) in [6.07, 6.45) is 2.91. The molecule has 0 atom stereocenters. The van der Waals surface area contributed by atoms with Gasteiger partial charge in [-0.1, -0.05) is 29.8 Å². The molecule has 4 nitrogen and oxygen atoms in total. The van der Waals surface area contributed by atoms with Gasteiger partial charge in [-0.05, 0) is 34.1 Å². The summed E-state index contributed by atoms with van der Waals surface area (Å²) in [5, 5.41) is 1.10. The summed E-state index contributed by atoms with van der Waals surface area (Å²) in [6, 6.07) is 9.89. The maximum Gasteiger partial charge on any atom is 0.269 e. The average Bonchev–Trinajstić information content (AvgIpc) is 2.77. The van der Waals surface area contributed by atoms with Gasteiger partial charge in [-0.2, -0.15) is 0 Å². The van der Waals surface area contributed by atoms with Crippen molar-refractivity contribution in [3.8, 4) is 0 Å². The third kappa shape index (κ3) is 2.13. The minimum atomic E-state index is -3.68. The van der Waals surface area contributed by atoms with E-state index < -0.39 is 10.0 Å². The number of hydrogen-bond donors (Lipinski definition) is 0. The molecule has 0 aliphatic rings. The molecule has 3 rings (SSSR count). The number of aromatic nitrogens is 2. The van der Waals surface area contributed by atoms with E-state index in [0.29, 0.717) is 20.5 Å². The highest BCUT2D eigenvalue weighted by atomic mass is 79.9. The number of pyridine rings is 1. The first kappa shape index (κ1) is 13.6. The molecule has 0 radical (unpaired) electrons. The van der Waals surface area contributed by atoms with Crippen molar-refractivity contribution in [2.24, 2.45) is 0 Å². The molecule has 0 unspecified atom stereocenters. The highest BCUT2D eigenvalue weighted by Crippen LogP contribution is 2.29. The summed E-state index contributed by atoms with van der Waals surface area (Å²) in [5.74, 6) is 0. The van der Waals surface area contributed by atoms with Crippen LogP contribution in [0.2, 0.25) is 5.02 Å². The lowest BCUT2D eigenvalue weighted by molar-refractivity contribution is 0.588. The highest BCUT2D eigenvalue weighted by Gasteiger charge is 2.21. The molecular weight excluding hydrogens is 364 g/mol. The summed E-state index contributed by atoms with van der Waals surface area (Å²) in [4.78, 5) is 4.32. The number of hydrogen-bond acceptors (Lipinski definition) is 3. The van der Waals surface area contributed by atoms with E-state index in [2.05, 4.69) is 20.9 Å². The van der Waals surface area contributed by atoms with Crippen LogP contribution in [0.15, 0.2) is 58.2 Å². The first-order valence-corrected chi connectivity index (χ1v) is 8.24. The Hall–Kier alpha value is -1.37. The Balaban J connectivity index is 2.31. The van der Waals surface area contributed by atoms with Crippen molar-refractivity contribution < 1.29 is 8.42 Å². The zero-order valence-electron chi connectivity index (χ0n) is 9.99. The predicted molar refractivity (Wildman–Crippen MR) is 81.5 cm³/mol. The molecule has 0 aliphatic heterocycles. The Morgan fingerprint density at radius 1 is 1.20 bits per heavy atom. The molecular formula is C13H8BrClN2O2S. The van der Waals surface area contributed by atoms with Gasteiger partial charge in [0.05, 0.1) is 9.92 Å². The molecule has 3 aromatic rings. The van der Waals surface area contributed by atoms with Crippen LogP contribution in [0.5, 0.6) is 0 Å². The van der Waals surface area contributed by atoms with E-state index in [9.17, 15) is 8.42 Å². The zero-order valence-corrected chi connectivity index (χ0v) is 13.2. The van der Waals surface area contributed by atoms with Gasteiger partial charge in [0.2, 0.25) is 0 Å². The van der Waals surface area contributed by atoms with Crippen LogP contribution < -0.4 is 0 Å². The lowest BCUT2D eigenvalue weighted by Gasteiger charge is -2.06. The number of nitrogens with zero attached hydrogens (tertiary/aromatic N) is 2. The maximum absolute atomic E-state index is 12.6. The fourth-order valence-electron chi connectivity index (χ4n) is 1.91. The molecule has 0 fully saturated rings. The first-order chi connectivity index (χ1) is 9.50. The molecule has 0 aliphatic carbocycles. The van der Waals surface area contributed by atoms with E-state index in [1.807, 2.05) is 0 Å². The molecule has 102 valence electrons. The fourth-order valence-corrected chi connectivity index (χ4v) is 4.04. The van der Waals surface area contributed by atoms with Gasteiger partial charge < -0.3 is 0 Å². The quantitative estimate of drug-likeness (QED) is 0.690. The molecule has 0 saturated carbocycles. The maximum atomic E-state index is 12.6. The summed E-state index contributed by atoms with van der Waals surface area (Å²) in [5.41, 5.74) is 0.338. The second kappa shape index (κ2) is 4.87. The van der Waals surface area contributed by atoms with Crippen LogP contribution in [-0.4, -0.2) is 17.4 Å². The number of rotatable bonds is 2. The predicted octanol–water partition coefficient (Wildman–Crippen LogP) is 3.69. The Morgan fingerprint density at radius 3 is 2.60 bits per heavy atom. The van der Waals surface area contributed by atoms with Crippen LogP contribution in [-0.2, 0) is 10.0 Å². The minimum Gasteiger partial charge on any atom is -0.236 e. The molecule has 0 saturated heterocycles. The average molecular weight is 372 g/mol. The van der Waals surface area contributed by atoms with E-state index in [1.165, 1.54) is 12.4 Å². The number of halogens is 2. The molecule has 1 aromatic carbocycles. The largest absolute Gasteiger partial charge is 0.269 e. The molecule has 2 aromatic heterocycles.